The Balaban J connectivity index is 1.51. The van der Waals surface area contributed by atoms with Crippen LogP contribution in [-0.2, 0) is 21.3 Å². The number of nitrogens with one attached hydrogen (secondary N) is 1. The number of aromatic nitrogens is 2. The average molecular weight is 363 g/mol. The van der Waals surface area contributed by atoms with Crippen molar-refractivity contribution in [3.63, 3.8) is 0 Å². The molecule has 0 radical (unpaired) electrons. The second-order valence-corrected chi connectivity index (χ2v) is 9.18. The summed E-state index contributed by atoms with van der Waals surface area (Å²) in [5.41, 5.74) is 3.02. The van der Waals surface area contributed by atoms with Gasteiger partial charge in [0.25, 0.3) is 0 Å². The van der Waals surface area contributed by atoms with E-state index in [2.05, 4.69) is 20.3 Å². The van der Waals surface area contributed by atoms with Crippen LogP contribution in [0.2, 0.25) is 0 Å². The SMILES string of the molecule is COC1CCCC1S(=O)(=O)NCc1ccc2c(c1)nc(C)n2C1CC1. The molecule has 4 rings (SSSR count). The van der Waals surface area contributed by atoms with Gasteiger partial charge in [-0.1, -0.05) is 6.07 Å². The number of rotatable bonds is 6. The van der Waals surface area contributed by atoms with Gasteiger partial charge in [0, 0.05) is 19.7 Å². The van der Waals surface area contributed by atoms with E-state index in [1.165, 1.54) is 12.8 Å². The molecule has 2 fully saturated rings. The standard InChI is InChI=1S/C18H25N3O3S/c1-12-20-15-10-13(6-9-16(15)21(12)14-7-8-14)11-19-25(22,23)18-5-3-4-17(18)24-2/h6,9-10,14,17-19H,3-5,7-8,11H2,1-2H3. The Kier molecular flexibility index (Phi) is 4.33. The first-order valence-electron chi connectivity index (χ1n) is 8.98. The second kappa shape index (κ2) is 6.37. The van der Waals surface area contributed by atoms with Crippen LogP contribution >= 0.6 is 0 Å². The minimum atomic E-state index is -3.38. The van der Waals surface area contributed by atoms with E-state index in [1.807, 2.05) is 19.1 Å². The zero-order valence-electron chi connectivity index (χ0n) is 14.7. The van der Waals surface area contributed by atoms with E-state index < -0.39 is 15.3 Å². The van der Waals surface area contributed by atoms with Crippen LogP contribution in [-0.4, -0.2) is 36.4 Å². The molecule has 1 aromatic heterocycles. The molecule has 2 aromatic rings. The smallest absolute Gasteiger partial charge is 0.217 e. The lowest BCUT2D eigenvalue weighted by molar-refractivity contribution is 0.111. The molecule has 0 saturated heterocycles. The summed E-state index contributed by atoms with van der Waals surface area (Å²) < 4.78 is 35.6. The number of sulfonamides is 1. The van der Waals surface area contributed by atoms with Gasteiger partial charge in [-0.05, 0) is 56.7 Å². The number of ether oxygens (including phenoxy) is 1. The highest BCUT2D eigenvalue weighted by Crippen LogP contribution is 2.38. The van der Waals surface area contributed by atoms with Gasteiger partial charge in [0.15, 0.2) is 0 Å². The van der Waals surface area contributed by atoms with Crippen LogP contribution < -0.4 is 4.72 Å². The van der Waals surface area contributed by atoms with Crippen molar-refractivity contribution in [3.8, 4) is 0 Å². The molecule has 0 amide bonds. The molecule has 136 valence electrons. The maximum Gasteiger partial charge on any atom is 0.217 e. The van der Waals surface area contributed by atoms with Gasteiger partial charge in [-0.25, -0.2) is 18.1 Å². The topological polar surface area (TPSA) is 73.2 Å². The Labute approximate surface area is 148 Å². The number of imidazole rings is 1. The Bertz CT molecular complexity index is 886. The number of fused-ring (bicyclic) bond motifs is 1. The monoisotopic (exact) mass is 363 g/mol. The lowest BCUT2D eigenvalue weighted by atomic mass is 10.2. The van der Waals surface area contributed by atoms with E-state index in [0.717, 1.165) is 35.3 Å². The molecule has 2 aliphatic rings. The molecule has 0 spiro atoms. The van der Waals surface area contributed by atoms with Crippen LogP contribution in [0.25, 0.3) is 11.0 Å². The molecule has 6 nitrogen and oxygen atoms in total. The van der Waals surface area contributed by atoms with Crippen LogP contribution in [0.1, 0.15) is 49.5 Å². The molecule has 0 bridgehead atoms. The highest BCUT2D eigenvalue weighted by Gasteiger charge is 2.37. The van der Waals surface area contributed by atoms with Gasteiger partial charge >= 0.3 is 0 Å². The predicted octanol–water partition coefficient (Wildman–Crippen LogP) is 2.67. The summed E-state index contributed by atoms with van der Waals surface area (Å²) in [6.45, 7) is 2.33. The Hall–Kier alpha value is -1.44. The van der Waals surface area contributed by atoms with E-state index in [4.69, 9.17) is 4.74 Å². The molecule has 1 aromatic carbocycles. The minimum absolute atomic E-state index is 0.197. The first-order chi connectivity index (χ1) is 12.0. The molecule has 7 heteroatoms. The summed E-state index contributed by atoms with van der Waals surface area (Å²) in [4.78, 5) is 4.65. The van der Waals surface area contributed by atoms with Crippen LogP contribution in [0.3, 0.4) is 0 Å². The number of nitrogens with zero attached hydrogens (tertiary/aromatic N) is 2. The van der Waals surface area contributed by atoms with Crippen molar-refractivity contribution in [2.24, 2.45) is 0 Å². The summed E-state index contributed by atoms with van der Waals surface area (Å²) in [6.07, 6.45) is 4.61. The zero-order chi connectivity index (χ0) is 17.6. The van der Waals surface area contributed by atoms with Crippen molar-refractivity contribution in [2.75, 3.05) is 7.11 Å². The number of hydrogen-bond acceptors (Lipinski definition) is 4. The first kappa shape index (κ1) is 17.0. The van der Waals surface area contributed by atoms with E-state index in [9.17, 15) is 8.42 Å². The molecule has 2 atom stereocenters. The molecule has 2 saturated carbocycles. The number of benzene rings is 1. The molecular weight excluding hydrogens is 338 g/mol. The van der Waals surface area contributed by atoms with Crippen LogP contribution in [0.15, 0.2) is 18.2 Å². The molecule has 0 aliphatic heterocycles. The van der Waals surface area contributed by atoms with Crippen molar-refractivity contribution < 1.29 is 13.2 Å². The van der Waals surface area contributed by atoms with E-state index in [-0.39, 0.29) is 6.10 Å². The minimum Gasteiger partial charge on any atom is -0.380 e. The molecule has 1 N–H and O–H groups in total. The first-order valence-corrected chi connectivity index (χ1v) is 10.5. The predicted molar refractivity (Wildman–Crippen MR) is 96.9 cm³/mol. The van der Waals surface area contributed by atoms with Crippen molar-refractivity contribution in [1.29, 1.82) is 0 Å². The maximum atomic E-state index is 12.6. The van der Waals surface area contributed by atoms with Crippen LogP contribution in [0.5, 0.6) is 0 Å². The van der Waals surface area contributed by atoms with E-state index >= 15 is 0 Å². The molecule has 2 unspecified atom stereocenters. The van der Waals surface area contributed by atoms with Gasteiger partial charge in [-0.2, -0.15) is 0 Å². The average Bonchev–Trinajstić information content (AvgIpc) is 3.19. The lowest BCUT2D eigenvalue weighted by Crippen LogP contribution is -2.39. The van der Waals surface area contributed by atoms with Gasteiger partial charge in [0.2, 0.25) is 10.0 Å². The van der Waals surface area contributed by atoms with Gasteiger partial charge in [0.1, 0.15) is 11.1 Å². The van der Waals surface area contributed by atoms with Gasteiger partial charge in [-0.15, -0.1) is 0 Å². The van der Waals surface area contributed by atoms with Gasteiger partial charge in [-0.3, -0.25) is 0 Å². The van der Waals surface area contributed by atoms with Crippen LogP contribution in [0, 0.1) is 6.92 Å². The second-order valence-electron chi connectivity index (χ2n) is 7.19. The van der Waals surface area contributed by atoms with Gasteiger partial charge < -0.3 is 9.30 Å². The zero-order valence-corrected chi connectivity index (χ0v) is 15.6. The summed E-state index contributed by atoms with van der Waals surface area (Å²) >= 11 is 0. The third-order valence-electron chi connectivity index (χ3n) is 5.41. The number of aryl methyl sites for hydroxylation is 1. The summed E-state index contributed by atoms with van der Waals surface area (Å²) in [7, 11) is -1.79. The molecule has 1 heterocycles. The van der Waals surface area contributed by atoms with Crippen LogP contribution in [0.4, 0.5) is 0 Å². The molecule has 25 heavy (non-hydrogen) atoms. The summed E-state index contributed by atoms with van der Waals surface area (Å²) in [5, 5.41) is -0.447. The Morgan fingerprint density at radius 3 is 2.80 bits per heavy atom. The van der Waals surface area contributed by atoms with Crippen molar-refractivity contribution >= 4 is 21.1 Å². The van der Waals surface area contributed by atoms with Crippen molar-refractivity contribution in [1.82, 2.24) is 14.3 Å². The Morgan fingerprint density at radius 1 is 1.28 bits per heavy atom. The fourth-order valence-electron chi connectivity index (χ4n) is 3.98. The fourth-order valence-corrected chi connectivity index (χ4v) is 5.68. The Morgan fingerprint density at radius 2 is 2.08 bits per heavy atom. The summed E-state index contributed by atoms with van der Waals surface area (Å²) in [5.74, 6) is 1.03. The number of methoxy groups -OCH3 is 1. The third kappa shape index (κ3) is 3.20. The normalized spacial score (nSPS) is 24.2. The highest BCUT2D eigenvalue weighted by atomic mass is 32.2. The maximum absolute atomic E-state index is 12.6. The highest BCUT2D eigenvalue weighted by molar-refractivity contribution is 7.90. The largest absolute Gasteiger partial charge is 0.380 e. The quantitative estimate of drug-likeness (QED) is 0.856. The van der Waals surface area contributed by atoms with Crippen molar-refractivity contribution in [3.05, 3.63) is 29.6 Å². The van der Waals surface area contributed by atoms with Gasteiger partial charge in [0.05, 0.1) is 17.1 Å². The van der Waals surface area contributed by atoms with Crippen molar-refractivity contribution in [2.45, 2.75) is 63.0 Å². The third-order valence-corrected chi connectivity index (χ3v) is 7.30. The van der Waals surface area contributed by atoms with E-state index in [1.54, 1.807) is 7.11 Å². The molecular formula is C18H25N3O3S. The lowest BCUT2D eigenvalue weighted by Gasteiger charge is -2.19. The molecule has 2 aliphatic carbocycles. The fraction of sp³-hybridized carbons (Fsp3) is 0.611. The summed E-state index contributed by atoms with van der Waals surface area (Å²) in [6, 6.07) is 6.63. The van der Waals surface area contributed by atoms with E-state index in [0.29, 0.717) is 19.0 Å². The number of hydrogen-bond donors (Lipinski definition) is 1.